The summed E-state index contributed by atoms with van der Waals surface area (Å²) in [4.78, 5) is 25.3. The molecule has 0 saturated heterocycles. The van der Waals surface area contributed by atoms with Crippen molar-refractivity contribution < 1.29 is 33.3 Å². The number of carbonyl (C=O) groups is 2. The fourth-order valence-electron chi connectivity index (χ4n) is 3.33. The minimum absolute atomic E-state index is 0.269. The fourth-order valence-corrected chi connectivity index (χ4v) is 3.33. The molecule has 0 aliphatic heterocycles. The molecule has 1 amide bonds. The van der Waals surface area contributed by atoms with E-state index >= 15 is 0 Å². The monoisotopic (exact) mass is 475 g/mol. The molecule has 0 aliphatic rings. The highest BCUT2D eigenvalue weighted by Gasteiger charge is 2.18. The minimum Gasteiger partial charge on any atom is -0.492 e. The van der Waals surface area contributed by atoms with Gasteiger partial charge in [-0.25, -0.2) is 14.0 Å². The van der Waals surface area contributed by atoms with Gasteiger partial charge in [0, 0.05) is 19.6 Å². The summed E-state index contributed by atoms with van der Waals surface area (Å²) in [5.74, 6) is -0.633. The van der Waals surface area contributed by atoms with Gasteiger partial charge in [0.15, 0.2) is 6.10 Å². The number of ether oxygens (including phenoxy) is 3. The van der Waals surface area contributed by atoms with Crippen molar-refractivity contribution in [2.24, 2.45) is 0 Å². The second-order valence-corrected chi connectivity index (χ2v) is 7.81. The summed E-state index contributed by atoms with van der Waals surface area (Å²) in [7, 11) is 0. The smallest absolute Gasteiger partial charge is 0.409 e. The number of benzene rings is 2. The molecule has 1 N–H and O–H groups in total. The number of nitrogens with zero attached hydrogens (tertiary/aromatic N) is 1. The average molecular weight is 476 g/mol. The third-order valence-electron chi connectivity index (χ3n) is 5.11. The molecule has 0 saturated carbocycles. The van der Waals surface area contributed by atoms with Crippen molar-refractivity contribution in [1.82, 2.24) is 4.90 Å². The third-order valence-corrected chi connectivity index (χ3v) is 5.11. The molecule has 1 unspecified atom stereocenters. The van der Waals surface area contributed by atoms with Gasteiger partial charge in [0.2, 0.25) is 0 Å². The van der Waals surface area contributed by atoms with Gasteiger partial charge in [0.1, 0.15) is 18.2 Å². The molecule has 0 aromatic heterocycles. The van der Waals surface area contributed by atoms with E-state index in [4.69, 9.17) is 14.2 Å². The molecule has 2 rings (SSSR count). The molecule has 8 heteroatoms. The van der Waals surface area contributed by atoms with Gasteiger partial charge in [-0.2, -0.15) is 0 Å². The van der Waals surface area contributed by atoms with Crippen molar-refractivity contribution in [3.05, 3.63) is 65.5 Å². The van der Waals surface area contributed by atoms with Crippen LogP contribution in [0.15, 0.2) is 48.5 Å². The van der Waals surface area contributed by atoms with Crippen LogP contribution in [-0.4, -0.2) is 61.1 Å². The number of hydrogen-bond donors (Lipinski definition) is 1. The minimum atomic E-state index is -0.989. The van der Waals surface area contributed by atoms with E-state index in [1.807, 2.05) is 6.92 Å². The number of hydrogen-bond acceptors (Lipinski definition) is 5. The Hall–Kier alpha value is -3.13. The Bertz CT molecular complexity index is 872. The van der Waals surface area contributed by atoms with Crippen LogP contribution in [0.4, 0.5) is 9.18 Å². The van der Waals surface area contributed by atoms with Crippen molar-refractivity contribution in [2.45, 2.75) is 45.6 Å². The molecular weight excluding hydrogens is 441 g/mol. The lowest BCUT2D eigenvalue weighted by Crippen LogP contribution is -2.36. The number of carboxylic acids is 1. The predicted octanol–water partition coefficient (Wildman–Crippen LogP) is 4.72. The third kappa shape index (κ3) is 9.79. The molecule has 34 heavy (non-hydrogen) atoms. The molecule has 186 valence electrons. The zero-order chi connectivity index (χ0) is 24.8. The summed E-state index contributed by atoms with van der Waals surface area (Å²) in [5, 5.41) is 9.22. The van der Waals surface area contributed by atoms with Crippen LogP contribution in [0.5, 0.6) is 5.75 Å². The number of halogens is 1. The number of carboxylic acid groups (broad SMARTS) is 1. The standard InChI is InChI=1S/C26H34FNO6/c1-3-17-34-26(31)28(15-5-6-20-7-11-22(27)12-8-20)16-18-33-23-13-9-21(10-14-23)19-24(25(29)30)32-4-2/h7-14,24H,3-6,15-19H2,1-2H3,(H,29,30). The van der Waals surface area contributed by atoms with E-state index in [-0.39, 0.29) is 24.9 Å². The Balaban J connectivity index is 1.85. The highest BCUT2D eigenvalue weighted by Crippen LogP contribution is 2.15. The quantitative estimate of drug-likeness (QED) is 0.401. The average Bonchev–Trinajstić information content (AvgIpc) is 2.83. The van der Waals surface area contributed by atoms with E-state index in [1.54, 1.807) is 48.2 Å². The van der Waals surface area contributed by atoms with Crippen LogP contribution in [0.1, 0.15) is 37.8 Å². The maximum atomic E-state index is 13.1. The molecule has 0 heterocycles. The Morgan fingerprint density at radius 2 is 1.65 bits per heavy atom. The molecule has 0 fully saturated rings. The lowest BCUT2D eigenvalue weighted by atomic mass is 10.1. The van der Waals surface area contributed by atoms with Crippen molar-refractivity contribution in [3.8, 4) is 5.75 Å². The highest BCUT2D eigenvalue weighted by molar-refractivity contribution is 5.72. The summed E-state index contributed by atoms with van der Waals surface area (Å²) in [6, 6.07) is 13.5. The first kappa shape index (κ1) is 27.1. The lowest BCUT2D eigenvalue weighted by Gasteiger charge is -2.22. The van der Waals surface area contributed by atoms with Gasteiger partial charge < -0.3 is 24.2 Å². The lowest BCUT2D eigenvalue weighted by molar-refractivity contribution is -0.149. The summed E-state index contributed by atoms with van der Waals surface area (Å²) >= 11 is 0. The predicted molar refractivity (Wildman–Crippen MR) is 127 cm³/mol. The molecule has 2 aromatic rings. The normalized spacial score (nSPS) is 11.6. The topological polar surface area (TPSA) is 85.3 Å². The number of rotatable bonds is 15. The summed E-state index contributed by atoms with van der Waals surface area (Å²) in [6.45, 7) is 5.53. The Labute approximate surface area is 200 Å². The highest BCUT2D eigenvalue weighted by atomic mass is 19.1. The van der Waals surface area contributed by atoms with Crippen LogP contribution in [0.2, 0.25) is 0 Å². The second kappa shape index (κ2) is 14.9. The second-order valence-electron chi connectivity index (χ2n) is 7.81. The molecular formula is C26H34FNO6. The van der Waals surface area contributed by atoms with Gasteiger partial charge >= 0.3 is 12.1 Å². The largest absolute Gasteiger partial charge is 0.492 e. The first-order valence-corrected chi connectivity index (χ1v) is 11.6. The Morgan fingerprint density at radius 3 is 2.26 bits per heavy atom. The van der Waals surface area contributed by atoms with Crippen molar-refractivity contribution in [1.29, 1.82) is 0 Å². The van der Waals surface area contributed by atoms with Crippen molar-refractivity contribution in [3.63, 3.8) is 0 Å². The van der Waals surface area contributed by atoms with Crippen molar-refractivity contribution in [2.75, 3.05) is 32.9 Å². The number of aryl methyl sites for hydroxylation is 1. The van der Waals surface area contributed by atoms with Crippen LogP contribution < -0.4 is 4.74 Å². The van der Waals surface area contributed by atoms with E-state index in [2.05, 4.69) is 0 Å². The first-order valence-electron chi connectivity index (χ1n) is 11.6. The maximum absolute atomic E-state index is 13.1. The van der Waals surface area contributed by atoms with Gasteiger partial charge in [0.05, 0.1) is 13.2 Å². The fraction of sp³-hybridized carbons (Fsp3) is 0.462. The van der Waals surface area contributed by atoms with Crippen LogP contribution in [0, 0.1) is 5.82 Å². The molecule has 0 radical (unpaired) electrons. The van der Waals surface area contributed by atoms with E-state index < -0.39 is 12.1 Å². The van der Waals surface area contributed by atoms with Gasteiger partial charge in [-0.15, -0.1) is 0 Å². The Kier molecular flexibility index (Phi) is 11.9. The summed E-state index contributed by atoms with van der Waals surface area (Å²) in [6.07, 6.45) is 1.19. The van der Waals surface area contributed by atoms with E-state index in [0.717, 1.165) is 24.0 Å². The number of carbonyl (C=O) groups excluding carboxylic acids is 1. The molecule has 2 aromatic carbocycles. The first-order chi connectivity index (χ1) is 16.4. The SMILES string of the molecule is CCCOC(=O)N(CCCc1ccc(F)cc1)CCOc1ccc(CC(OCC)C(=O)O)cc1. The van der Waals surface area contributed by atoms with Gasteiger partial charge in [-0.3, -0.25) is 0 Å². The molecule has 0 spiro atoms. The zero-order valence-corrected chi connectivity index (χ0v) is 19.9. The molecule has 0 aliphatic carbocycles. The number of amides is 1. The van der Waals surface area contributed by atoms with Gasteiger partial charge in [-0.1, -0.05) is 31.2 Å². The number of aliphatic carboxylic acids is 1. The van der Waals surface area contributed by atoms with Crippen molar-refractivity contribution >= 4 is 12.1 Å². The van der Waals surface area contributed by atoms with Crippen LogP contribution in [0.25, 0.3) is 0 Å². The summed E-state index contributed by atoms with van der Waals surface area (Å²) < 4.78 is 29.4. The molecule has 0 bridgehead atoms. The van der Waals surface area contributed by atoms with E-state index in [9.17, 15) is 19.1 Å². The van der Waals surface area contributed by atoms with Crippen LogP contribution in [-0.2, 0) is 27.1 Å². The van der Waals surface area contributed by atoms with Crippen LogP contribution >= 0.6 is 0 Å². The summed E-state index contributed by atoms with van der Waals surface area (Å²) in [5.41, 5.74) is 1.84. The maximum Gasteiger partial charge on any atom is 0.409 e. The van der Waals surface area contributed by atoms with Gasteiger partial charge in [-0.05, 0) is 61.6 Å². The Morgan fingerprint density at radius 1 is 0.971 bits per heavy atom. The van der Waals surface area contributed by atoms with Gasteiger partial charge in [0.25, 0.3) is 0 Å². The van der Waals surface area contributed by atoms with E-state index in [1.165, 1.54) is 12.1 Å². The van der Waals surface area contributed by atoms with Crippen LogP contribution in [0.3, 0.4) is 0 Å². The molecule has 1 atom stereocenters. The van der Waals surface area contributed by atoms with E-state index in [0.29, 0.717) is 38.5 Å². The zero-order valence-electron chi connectivity index (χ0n) is 19.9. The molecule has 7 nitrogen and oxygen atoms in total.